The zero-order valence-electron chi connectivity index (χ0n) is 10.9. The van der Waals surface area contributed by atoms with E-state index in [1.54, 1.807) is 23.0 Å². The van der Waals surface area contributed by atoms with E-state index in [0.29, 0.717) is 40.7 Å². The van der Waals surface area contributed by atoms with Gasteiger partial charge in [0.2, 0.25) is 5.89 Å². The molecule has 0 saturated heterocycles. The molecule has 0 aliphatic carbocycles. The maximum Gasteiger partial charge on any atom is 0.215 e. The molecule has 0 bridgehead atoms. The van der Waals surface area contributed by atoms with E-state index in [4.69, 9.17) is 15.9 Å². The first-order valence-electron chi connectivity index (χ1n) is 6.27. The topological polar surface area (TPSA) is 122 Å². The number of anilines is 2. The molecule has 0 fully saturated rings. The highest BCUT2D eigenvalue weighted by molar-refractivity contribution is 5.81. The van der Waals surface area contributed by atoms with Crippen LogP contribution in [0.15, 0.2) is 35.3 Å². The van der Waals surface area contributed by atoms with E-state index >= 15 is 0 Å². The molecular formula is C13H11N7O. The van der Waals surface area contributed by atoms with Gasteiger partial charge in [0.15, 0.2) is 17.0 Å². The van der Waals surface area contributed by atoms with E-state index in [-0.39, 0.29) is 0 Å². The lowest BCUT2D eigenvalue weighted by atomic mass is 10.3. The molecule has 0 unspecified atom stereocenters. The highest BCUT2D eigenvalue weighted by Crippen LogP contribution is 2.20. The maximum absolute atomic E-state index is 5.76. The van der Waals surface area contributed by atoms with Crippen molar-refractivity contribution in [3.8, 4) is 0 Å². The average Bonchev–Trinajstić information content (AvgIpc) is 3.04. The van der Waals surface area contributed by atoms with Gasteiger partial charge in [0.25, 0.3) is 0 Å². The van der Waals surface area contributed by atoms with Crippen LogP contribution in [0.1, 0.15) is 5.89 Å². The average molecular weight is 281 g/mol. The number of nitrogens with zero attached hydrogens (tertiary/aromatic N) is 5. The Bertz CT molecular complexity index is 956. The van der Waals surface area contributed by atoms with Gasteiger partial charge in [-0.1, -0.05) is 0 Å². The molecule has 0 radical (unpaired) electrons. The first-order chi connectivity index (χ1) is 10.2. The molecule has 4 aromatic rings. The molecule has 4 N–H and O–H groups in total. The number of nitrogen functional groups attached to an aromatic ring is 2. The van der Waals surface area contributed by atoms with Crippen LogP contribution in [0.4, 0.5) is 11.5 Å². The monoisotopic (exact) mass is 281 g/mol. The van der Waals surface area contributed by atoms with Gasteiger partial charge in [-0.25, -0.2) is 19.9 Å². The van der Waals surface area contributed by atoms with E-state index < -0.39 is 0 Å². The summed E-state index contributed by atoms with van der Waals surface area (Å²) in [6.07, 6.45) is 3.04. The number of rotatable bonds is 2. The number of aromatic nitrogens is 5. The largest absolute Gasteiger partial charge is 0.439 e. The van der Waals surface area contributed by atoms with Crippen molar-refractivity contribution >= 4 is 33.8 Å². The summed E-state index contributed by atoms with van der Waals surface area (Å²) >= 11 is 0. The van der Waals surface area contributed by atoms with Gasteiger partial charge in [-0.3, -0.25) is 0 Å². The zero-order valence-corrected chi connectivity index (χ0v) is 10.9. The van der Waals surface area contributed by atoms with Crippen LogP contribution in [-0.2, 0) is 6.54 Å². The fourth-order valence-electron chi connectivity index (χ4n) is 2.22. The SMILES string of the molecule is Nc1ccc2nc(Cn3cnc4c(N)ncnc43)oc2c1. The third-order valence-corrected chi connectivity index (χ3v) is 3.19. The minimum absolute atomic E-state index is 0.351. The van der Waals surface area contributed by atoms with Crippen molar-refractivity contribution in [1.82, 2.24) is 24.5 Å². The zero-order chi connectivity index (χ0) is 14.4. The van der Waals surface area contributed by atoms with Crippen molar-refractivity contribution in [1.29, 1.82) is 0 Å². The fraction of sp³-hybridized carbons (Fsp3) is 0.0769. The highest BCUT2D eigenvalue weighted by atomic mass is 16.3. The Morgan fingerprint density at radius 3 is 2.95 bits per heavy atom. The Kier molecular flexibility index (Phi) is 2.31. The molecule has 0 aliphatic rings. The van der Waals surface area contributed by atoms with Gasteiger partial charge in [0.05, 0.1) is 6.33 Å². The van der Waals surface area contributed by atoms with Gasteiger partial charge in [0.1, 0.15) is 23.9 Å². The van der Waals surface area contributed by atoms with Crippen LogP contribution in [0, 0.1) is 0 Å². The second-order valence-corrected chi connectivity index (χ2v) is 4.64. The summed E-state index contributed by atoms with van der Waals surface area (Å²) in [6.45, 7) is 0.404. The Labute approximate surface area is 118 Å². The van der Waals surface area contributed by atoms with E-state index in [1.807, 2.05) is 6.07 Å². The van der Waals surface area contributed by atoms with Crippen LogP contribution in [0.2, 0.25) is 0 Å². The number of hydrogen-bond donors (Lipinski definition) is 2. The summed E-state index contributed by atoms with van der Waals surface area (Å²) in [6, 6.07) is 5.36. The number of imidazole rings is 1. The predicted octanol–water partition coefficient (Wildman–Crippen LogP) is 1.18. The van der Waals surface area contributed by atoms with E-state index in [1.165, 1.54) is 6.33 Å². The third-order valence-electron chi connectivity index (χ3n) is 3.19. The van der Waals surface area contributed by atoms with Crippen LogP contribution >= 0.6 is 0 Å². The first kappa shape index (κ1) is 11.6. The Morgan fingerprint density at radius 2 is 2.05 bits per heavy atom. The van der Waals surface area contributed by atoms with Crippen molar-refractivity contribution in [3.63, 3.8) is 0 Å². The van der Waals surface area contributed by atoms with Crippen LogP contribution in [-0.4, -0.2) is 24.5 Å². The van der Waals surface area contributed by atoms with Crippen molar-refractivity contribution in [2.45, 2.75) is 6.54 Å². The molecule has 8 heteroatoms. The molecule has 0 atom stereocenters. The van der Waals surface area contributed by atoms with Crippen molar-refractivity contribution in [2.75, 3.05) is 11.5 Å². The smallest absolute Gasteiger partial charge is 0.215 e. The molecule has 0 saturated carbocycles. The highest BCUT2D eigenvalue weighted by Gasteiger charge is 2.11. The minimum atomic E-state index is 0.351. The molecule has 3 heterocycles. The number of nitrogens with two attached hydrogens (primary N) is 2. The normalized spacial score (nSPS) is 11.4. The first-order valence-corrected chi connectivity index (χ1v) is 6.27. The molecule has 104 valence electrons. The summed E-state index contributed by atoms with van der Waals surface area (Å²) in [5.74, 6) is 0.899. The van der Waals surface area contributed by atoms with E-state index in [2.05, 4.69) is 19.9 Å². The summed E-state index contributed by atoms with van der Waals surface area (Å²) in [5.41, 5.74) is 14.8. The van der Waals surface area contributed by atoms with E-state index in [9.17, 15) is 0 Å². The molecule has 0 amide bonds. The van der Waals surface area contributed by atoms with Gasteiger partial charge in [-0.2, -0.15) is 0 Å². The molecule has 1 aromatic carbocycles. The quantitative estimate of drug-likeness (QED) is 0.529. The fourth-order valence-corrected chi connectivity index (χ4v) is 2.22. The Balaban J connectivity index is 1.77. The van der Waals surface area contributed by atoms with Crippen molar-refractivity contribution in [3.05, 3.63) is 36.7 Å². The number of fused-ring (bicyclic) bond motifs is 2. The summed E-state index contributed by atoms with van der Waals surface area (Å²) in [4.78, 5) is 16.7. The molecule has 21 heavy (non-hydrogen) atoms. The molecule has 4 rings (SSSR count). The third kappa shape index (κ3) is 1.84. The number of benzene rings is 1. The van der Waals surface area contributed by atoms with Crippen LogP contribution in [0.5, 0.6) is 0 Å². The second kappa shape index (κ2) is 4.17. The van der Waals surface area contributed by atoms with Crippen LogP contribution in [0.25, 0.3) is 22.3 Å². The number of hydrogen-bond acceptors (Lipinski definition) is 7. The summed E-state index contributed by atoms with van der Waals surface area (Å²) in [7, 11) is 0. The maximum atomic E-state index is 5.76. The minimum Gasteiger partial charge on any atom is -0.439 e. The van der Waals surface area contributed by atoms with Gasteiger partial charge in [0, 0.05) is 11.8 Å². The summed E-state index contributed by atoms with van der Waals surface area (Å²) < 4.78 is 7.49. The van der Waals surface area contributed by atoms with Crippen molar-refractivity contribution in [2.24, 2.45) is 0 Å². The molecule has 8 nitrogen and oxygen atoms in total. The van der Waals surface area contributed by atoms with Crippen LogP contribution < -0.4 is 11.5 Å². The molecule has 3 aromatic heterocycles. The van der Waals surface area contributed by atoms with Gasteiger partial charge >= 0.3 is 0 Å². The lowest BCUT2D eigenvalue weighted by Crippen LogP contribution is -2.00. The second-order valence-electron chi connectivity index (χ2n) is 4.64. The van der Waals surface area contributed by atoms with Gasteiger partial charge < -0.3 is 20.5 Å². The van der Waals surface area contributed by atoms with Crippen LogP contribution in [0.3, 0.4) is 0 Å². The Morgan fingerprint density at radius 1 is 1.14 bits per heavy atom. The molecule has 0 spiro atoms. The molecule has 0 aliphatic heterocycles. The Hall–Kier alpha value is -3.16. The predicted molar refractivity (Wildman–Crippen MR) is 77.3 cm³/mol. The van der Waals surface area contributed by atoms with Gasteiger partial charge in [-0.15, -0.1) is 0 Å². The number of oxazole rings is 1. The lowest BCUT2D eigenvalue weighted by Gasteiger charge is -1.99. The molecular weight excluding hydrogens is 270 g/mol. The van der Waals surface area contributed by atoms with Gasteiger partial charge in [-0.05, 0) is 12.1 Å². The standard InChI is InChI=1S/C13H11N7O/c14-7-1-2-8-9(3-7)21-10(19-8)4-20-6-18-11-12(15)16-5-17-13(11)20/h1-3,5-6H,4,14H2,(H2,15,16,17). The summed E-state index contributed by atoms with van der Waals surface area (Å²) in [5, 5.41) is 0. The lowest BCUT2D eigenvalue weighted by molar-refractivity contribution is 0.511. The van der Waals surface area contributed by atoms with E-state index in [0.717, 1.165) is 5.52 Å². The van der Waals surface area contributed by atoms with Crippen molar-refractivity contribution < 1.29 is 4.42 Å².